The van der Waals surface area contributed by atoms with Crippen LogP contribution >= 0.6 is 11.6 Å². The van der Waals surface area contributed by atoms with Crippen LogP contribution < -0.4 is 0 Å². The summed E-state index contributed by atoms with van der Waals surface area (Å²) in [6.45, 7) is 17.1. The normalized spacial score (nSPS) is 17.6. The van der Waals surface area contributed by atoms with Gasteiger partial charge in [0, 0.05) is 54.3 Å². The maximum Gasteiger partial charge on any atom is 0.490 e. The molecule has 6 aromatic rings. The highest BCUT2D eigenvalue weighted by molar-refractivity contribution is 6.54. The molecule has 10 rings (SSSR count). The summed E-state index contributed by atoms with van der Waals surface area (Å²) in [6, 6.07) is 7.73. The van der Waals surface area contributed by atoms with E-state index >= 15 is 0 Å². The van der Waals surface area contributed by atoms with E-state index in [9.17, 15) is 94.1 Å². The monoisotopic (exact) mass is 1410 g/mol. The summed E-state index contributed by atoms with van der Waals surface area (Å²) in [5.74, 6) is 0.523. The Kier molecular flexibility index (Phi) is 24.4. The highest BCUT2D eigenvalue weighted by Crippen LogP contribution is 2.44. The lowest BCUT2D eigenvalue weighted by molar-refractivity contribution is -0.144. The Hall–Kier alpha value is -6.65. The summed E-state index contributed by atoms with van der Waals surface area (Å²) in [5.41, 5.74) is -8.10. The van der Waals surface area contributed by atoms with Crippen molar-refractivity contribution in [3.63, 3.8) is 0 Å². The number of hydrogen-bond acceptors (Lipinski definition) is 14. The molecule has 7 heterocycles. The molecule has 0 atom stereocenters. The van der Waals surface area contributed by atoms with Crippen LogP contribution in [-0.2, 0) is 46.4 Å². The van der Waals surface area contributed by atoms with Gasteiger partial charge in [0.25, 0.3) is 0 Å². The number of alkyl halides is 18. The molecule has 0 aliphatic carbocycles. The maximum absolute atomic E-state index is 13.1. The summed E-state index contributed by atoms with van der Waals surface area (Å²) in [7, 11) is -1.84. The van der Waals surface area contributed by atoms with Gasteiger partial charge >= 0.3 is 65.3 Å². The van der Waals surface area contributed by atoms with E-state index in [1.54, 1.807) is 31.4 Å². The molecule has 0 spiro atoms. The van der Waals surface area contributed by atoms with Crippen LogP contribution in [0.2, 0.25) is 25.8 Å². The molecule has 0 amide bonds. The number of piperidine rings is 1. The predicted molar refractivity (Wildman–Crippen MR) is 327 cm³/mol. The second kappa shape index (κ2) is 30.4. The molecule has 37 heteroatoms. The van der Waals surface area contributed by atoms with Crippen LogP contribution in [0.3, 0.4) is 0 Å². The summed E-state index contributed by atoms with van der Waals surface area (Å²) >= 11 is 5.49. The van der Waals surface area contributed by atoms with E-state index in [-0.39, 0.29) is 94.4 Å². The Balaban J connectivity index is 0.000000186. The lowest BCUT2D eigenvalue weighted by atomic mass is 9.72. The largest absolute Gasteiger partial charge is 0.490 e. The van der Waals surface area contributed by atoms with Crippen molar-refractivity contribution < 1.29 is 103 Å². The average Bonchev–Trinajstić information content (AvgIpc) is 1.60. The smallest absolute Gasteiger partial charge is 0.437 e. The summed E-state index contributed by atoms with van der Waals surface area (Å²) in [5, 5.41) is 28.5. The first kappa shape index (κ1) is 77.7. The fourth-order valence-electron chi connectivity index (χ4n) is 10.2. The first-order valence-corrected chi connectivity index (χ1v) is 30.1. The molecule has 0 unspecified atom stereocenters. The van der Waals surface area contributed by atoms with E-state index in [4.69, 9.17) is 20.9 Å². The second-order valence-corrected chi connectivity index (χ2v) is 24.3. The molecule has 2 fully saturated rings. The van der Waals surface area contributed by atoms with Crippen molar-refractivity contribution in [2.75, 3.05) is 39.3 Å². The van der Waals surface area contributed by atoms with Crippen molar-refractivity contribution in [1.29, 1.82) is 0 Å². The average molecular weight is 1410 g/mol. The Morgan fingerprint density at radius 2 is 0.814 bits per heavy atom. The fourth-order valence-corrected chi connectivity index (χ4v) is 10.4. The molecule has 2 saturated heterocycles. The number of nitrogens with zero attached hydrogens (tertiary/aromatic N) is 9. The van der Waals surface area contributed by atoms with E-state index in [0.717, 1.165) is 25.7 Å². The van der Waals surface area contributed by atoms with Crippen molar-refractivity contribution in [3.8, 4) is 33.8 Å². The molecular formula is C60H62B4ClF18N9O5. The number of benzene rings is 3. The van der Waals surface area contributed by atoms with Gasteiger partial charge in [-0.1, -0.05) is 12.2 Å². The number of aromatic nitrogens is 6. The van der Waals surface area contributed by atoms with Gasteiger partial charge in [0.1, 0.15) is 5.82 Å². The minimum atomic E-state index is -4.93. The van der Waals surface area contributed by atoms with Crippen molar-refractivity contribution in [3.05, 3.63) is 159 Å². The quantitative estimate of drug-likeness (QED) is 0.0711. The zero-order valence-corrected chi connectivity index (χ0v) is 53.4. The van der Waals surface area contributed by atoms with Crippen LogP contribution in [0.15, 0.2) is 109 Å². The van der Waals surface area contributed by atoms with Crippen molar-refractivity contribution >= 4 is 45.4 Å². The molecule has 0 saturated carbocycles. The Bertz CT molecular complexity index is 3640. The van der Waals surface area contributed by atoms with E-state index in [2.05, 4.69) is 63.7 Å². The molecule has 4 aliphatic heterocycles. The first-order chi connectivity index (χ1) is 44.7. The topological polar surface area (TPSA) is 166 Å². The molecule has 97 heavy (non-hydrogen) atoms. The maximum atomic E-state index is 13.1. The Morgan fingerprint density at radius 3 is 1.15 bits per heavy atom. The Labute approximate surface area is 551 Å². The zero-order chi connectivity index (χ0) is 72.2. The SMILES string of the molecule is CB(O)N1CC=C(B2OC(C)(C)C(C)(C)O2)CC1.CB(O)N1CC=C(c2nccc(-c3cc(C(F)(F)F)cc(C(F)(F)F)c3)n2)CC1.CB(O)N1CCC(c2nccc(-c3cc(C(F)(F)F)cc(C(F)(F)F)c3)n2)CC1.FC(F)(F)c1cc(-c2ccnc(Cl)n2)cc(C(F)(F)F)c1. The lowest BCUT2D eigenvalue weighted by Crippen LogP contribution is -2.42. The summed E-state index contributed by atoms with van der Waals surface area (Å²) in [6.07, 6.45) is -19.2. The molecule has 3 aromatic carbocycles. The highest BCUT2D eigenvalue weighted by Gasteiger charge is 2.52. The van der Waals surface area contributed by atoms with Crippen LogP contribution in [-0.4, -0.2) is 138 Å². The van der Waals surface area contributed by atoms with E-state index in [0.29, 0.717) is 93.2 Å². The van der Waals surface area contributed by atoms with Gasteiger partial charge in [0.2, 0.25) is 5.28 Å². The van der Waals surface area contributed by atoms with Gasteiger partial charge in [0.15, 0.2) is 5.82 Å². The van der Waals surface area contributed by atoms with Crippen LogP contribution in [0, 0.1) is 0 Å². The van der Waals surface area contributed by atoms with Crippen LogP contribution in [0.4, 0.5) is 79.0 Å². The third-order valence-electron chi connectivity index (χ3n) is 16.4. The summed E-state index contributed by atoms with van der Waals surface area (Å²) < 4.78 is 245. The van der Waals surface area contributed by atoms with Gasteiger partial charge in [-0.15, -0.1) is 0 Å². The molecular weight excluding hydrogens is 1350 g/mol. The molecule has 14 nitrogen and oxygen atoms in total. The molecule has 3 aromatic heterocycles. The van der Waals surface area contributed by atoms with Crippen LogP contribution in [0.1, 0.15) is 104 Å². The zero-order valence-electron chi connectivity index (χ0n) is 52.6. The Morgan fingerprint density at radius 1 is 0.464 bits per heavy atom. The number of rotatable bonds is 9. The molecule has 4 aliphatic rings. The van der Waals surface area contributed by atoms with Gasteiger partial charge in [0.05, 0.1) is 61.7 Å². The molecule has 0 bridgehead atoms. The van der Waals surface area contributed by atoms with Crippen molar-refractivity contribution in [1.82, 2.24) is 44.3 Å². The predicted octanol–water partition coefficient (Wildman–Crippen LogP) is 15.0. The number of halogens is 19. The van der Waals surface area contributed by atoms with Crippen LogP contribution in [0.5, 0.6) is 0 Å². The first-order valence-electron chi connectivity index (χ1n) is 29.7. The number of hydrogen-bond donors (Lipinski definition) is 3. The minimum absolute atomic E-state index is 0.00422. The second-order valence-electron chi connectivity index (χ2n) is 24.0. The van der Waals surface area contributed by atoms with E-state index in [1.807, 2.05) is 9.62 Å². The van der Waals surface area contributed by atoms with Gasteiger partial charge in [-0.05, 0) is 195 Å². The standard InChI is InChI=1S/C18H18BF6N3O.C18H16BF6N3O.C12H23B2NO3.C12H5ClF6N2/c2*1-19(29)28-6-3-11(4-7-28)16-26-5-2-15(27-16)12-8-13(17(20,21)22)10-14(9-12)18(23,24)25;1-11(2)12(3,4)18-14(17-11)10-6-8-15(9-7-10)13(5)16;13-10-20-2-1-9(21-10)6-3-7(11(14,15)16)5-8(4-6)12(17,18)19/h2,5,8-11,29H,3-4,6-7H2,1H3;2-3,5,8-10,29H,4,6-7H2,1H3;6,16H,7-9H2,1-5H3;1-5H. The summed E-state index contributed by atoms with van der Waals surface area (Å²) in [4.78, 5) is 29.5. The fraction of sp³-hybridized carbons (Fsp3) is 0.433. The van der Waals surface area contributed by atoms with Crippen molar-refractivity contribution in [2.45, 2.75) is 128 Å². The van der Waals surface area contributed by atoms with Gasteiger partial charge in [-0.25, -0.2) is 29.9 Å². The van der Waals surface area contributed by atoms with Crippen molar-refractivity contribution in [2.24, 2.45) is 0 Å². The van der Waals surface area contributed by atoms with Gasteiger partial charge < -0.3 is 38.8 Å². The van der Waals surface area contributed by atoms with E-state index < -0.39 is 84.5 Å². The van der Waals surface area contributed by atoms with E-state index in [1.165, 1.54) is 36.1 Å². The van der Waals surface area contributed by atoms with Gasteiger partial charge in [-0.2, -0.15) is 79.0 Å². The minimum Gasteiger partial charge on any atom is -0.437 e. The molecule has 3 N–H and O–H groups in total. The third kappa shape index (κ3) is 21.0. The molecule has 0 radical (unpaired) electrons. The van der Waals surface area contributed by atoms with Gasteiger partial charge in [-0.3, -0.25) is 0 Å². The third-order valence-corrected chi connectivity index (χ3v) is 16.6. The molecule has 522 valence electrons. The highest BCUT2D eigenvalue weighted by atomic mass is 35.5. The van der Waals surface area contributed by atoms with Crippen LogP contribution in [0.25, 0.3) is 39.3 Å². The lowest BCUT2D eigenvalue weighted by Gasteiger charge is -2.32.